The van der Waals surface area contributed by atoms with Crippen LogP contribution in [-0.4, -0.2) is 18.3 Å². The molecule has 1 saturated carbocycles. The Balaban J connectivity index is 1.88. The molecule has 1 aromatic carbocycles. The zero-order chi connectivity index (χ0) is 11.2. The normalized spacial score (nSPS) is 18.1. The van der Waals surface area contributed by atoms with Crippen LogP contribution in [0.5, 0.6) is 0 Å². The fourth-order valence-electron chi connectivity index (χ4n) is 2.21. The monoisotopic (exact) mass is 219 g/mol. The van der Waals surface area contributed by atoms with Gasteiger partial charge in [-0.25, -0.2) is 0 Å². The number of hydrogen-bond acceptors (Lipinski definition) is 2. The summed E-state index contributed by atoms with van der Waals surface area (Å²) in [7, 11) is 0. The van der Waals surface area contributed by atoms with E-state index in [-0.39, 0.29) is 6.61 Å². The summed E-state index contributed by atoms with van der Waals surface area (Å²) in [5, 5.41) is 12.7. The summed E-state index contributed by atoms with van der Waals surface area (Å²) >= 11 is 0. The number of aliphatic hydroxyl groups excluding tert-OH is 1. The smallest absolute Gasteiger partial charge is 0.0449 e. The lowest BCUT2D eigenvalue weighted by Gasteiger charge is -2.28. The van der Waals surface area contributed by atoms with E-state index in [0.717, 1.165) is 18.9 Å². The van der Waals surface area contributed by atoms with E-state index >= 15 is 0 Å². The van der Waals surface area contributed by atoms with E-state index in [1.807, 2.05) is 6.07 Å². The molecule has 0 unspecified atom stereocenters. The molecule has 1 fully saturated rings. The van der Waals surface area contributed by atoms with Crippen LogP contribution in [0.1, 0.15) is 37.3 Å². The first kappa shape index (κ1) is 11.6. The highest BCUT2D eigenvalue weighted by atomic mass is 16.3. The third-order valence-electron chi connectivity index (χ3n) is 3.50. The molecule has 2 nitrogen and oxygen atoms in total. The fraction of sp³-hybridized carbons (Fsp3) is 0.571. The van der Waals surface area contributed by atoms with Gasteiger partial charge in [0.1, 0.15) is 0 Å². The minimum atomic E-state index is 0.247. The highest BCUT2D eigenvalue weighted by Gasteiger charge is 2.19. The second-order valence-corrected chi connectivity index (χ2v) is 4.68. The number of nitrogens with one attached hydrogen (secondary N) is 1. The maximum absolute atomic E-state index is 9.09. The molecule has 1 aromatic rings. The summed E-state index contributed by atoms with van der Waals surface area (Å²) in [6.45, 7) is 1.34. The lowest BCUT2D eigenvalue weighted by molar-refractivity contribution is 0.246. The average Bonchev–Trinajstić information content (AvgIpc) is 2.27. The van der Waals surface area contributed by atoms with E-state index in [9.17, 15) is 0 Å². The molecule has 2 N–H and O–H groups in total. The molecule has 1 aliphatic rings. The average molecular weight is 219 g/mol. The Kier molecular flexibility index (Phi) is 4.37. The molecule has 1 atom stereocenters. The second kappa shape index (κ2) is 6.02. The van der Waals surface area contributed by atoms with Gasteiger partial charge in [-0.1, -0.05) is 36.8 Å². The number of aliphatic hydroxyl groups is 1. The Morgan fingerprint density at radius 1 is 1.25 bits per heavy atom. The second-order valence-electron chi connectivity index (χ2n) is 4.68. The van der Waals surface area contributed by atoms with Crippen molar-refractivity contribution in [2.45, 2.75) is 31.7 Å². The van der Waals surface area contributed by atoms with Crippen LogP contribution in [0.15, 0.2) is 30.3 Å². The van der Waals surface area contributed by atoms with E-state index in [1.54, 1.807) is 0 Å². The summed E-state index contributed by atoms with van der Waals surface area (Å²) in [5.41, 5.74) is 1.29. The van der Waals surface area contributed by atoms with E-state index in [0.29, 0.717) is 6.04 Å². The maximum Gasteiger partial charge on any atom is 0.0449 e. The predicted octanol–water partition coefficient (Wildman–Crippen LogP) is 2.50. The van der Waals surface area contributed by atoms with Crippen LogP contribution in [0.25, 0.3) is 0 Å². The number of rotatable bonds is 6. The van der Waals surface area contributed by atoms with Gasteiger partial charge < -0.3 is 10.4 Å². The van der Waals surface area contributed by atoms with Gasteiger partial charge in [0.2, 0.25) is 0 Å². The van der Waals surface area contributed by atoms with Crippen LogP contribution in [0, 0.1) is 5.92 Å². The summed E-state index contributed by atoms with van der Waals surface area (Å²) in [6.07, 6.45) is 4.93. The fourth-order valence-corrected chi connectivity index (χ4v) is 2.21. The highest BCUT2D eigenvalue weighted by Crippen LogP contribution is 2.26. The SMILES string of the molecule is OCC[C@@H](NCC1CCC1)c1ccccc1. The molecule has 16 heavy (non-hydrogen) atoms. The molecule has 88 valence electrons. The van der Waals surface area contributed by atoms with Gasteiger partial charge in [0.05, 0.1) is 0 Å². The Morgan fingerprint density at radius 3 is 2.56 bits per heavy atom. The van der Waals surface area contributed by atoms with Crippen LogP contribution in [0.2, 0.25) is 0 Å². The van der Waals surface area contributed by atoms with Crippen molar-refractivity contribution in [2.75, 3.05) is 13.2 Å². The lowest BCUT2D eigenvalue weighted by atomic mass is 9.85. The lowest BCUT2D eigenvalue weighted by Crippen LogP contribution is -2.31. The third-order valence-corrected chi connectivity index (χ3v) is 3.50. The van der Waals surface area contributed by atoms with Crippen LogP contribution >= 0.6 is 0 Å². The van der Waals surface area contributed by atoms with Gasteiger partial charge in [0.25, 0.3) is 0 Å². The standard InChI is InChI=1S/C14H21NO/c16-10-9-14(13-7-2-1-3-8-13)15-11-12-5-4-6-12/h1-3,7-8,12,14-16H,4-6,9-11H2/t14-/m1/s1. The molecular formula is C14H21NO. The predicted molar refractivity (Wildman–Crippen MR) is 66.2 cm³/mol. The van der Waals surface area contributed by atoms with Gasteiger partial charge in [-0.3, -0.25) is 0 Å². The topological polar surface area (TPSA) is 32.3 Å². The van der Waals surface area contributed by atoms with Crippen molar-refractivity contribution >= 4 is 0 Å². The molecule has 1 aliphatic carbocycles. The van der Waals surface area contributed by atoms with Gasteiger partial charge in [-0.05, 0) is 37.3 Å². The van der Waals surface area contributed by atoms with Crippen LogP contribution in [0.3, 0.4) is 0 Å². The Morgan fingerprint density at radius 2 is 2.00 bits per heavy atom. The van der Waals surface area contributed by atoms with Crippen molar-refractivity contribution in [1.29, 1.82) is 0 Å². The van der Waals surface area contributed by atoms with Crippen molar-refractivity contribution in [3.8, 4) is 0 Å². The molecule has 2 heteroatoms. The first-order valence-electron chi connectivity index (χ1n) is 6.29. The van der Waals surface area contributed by atoms with Crippen LogP contribution in [-0.2, 0) is 0 Å². The molecule has 2 rings (SSSR count). The summed E-state index contributed by atoms with van der Waals surface area (Å²) in [4.78, 5) is 0. The van der Waals surface area contributed by atoms with Gasteiger partial charge in [-0.15, -0.1) is 0 Å². The molecule has 0 aliphatic heterocycles. The van der Waals surface area contributed by atoms with Crippen molar-refractivity contribution in [1.82, 2.24) is 5.32 Å². The van der Waals surface area contributed by atoms with Crippen LogP contribution < -0.4 is 5.32 Å². The quantitative estimate of drug-likeness (QED) is 0.770. The minimum Gasteiger partial charge on any atom is -0.396 e. The minimum absolute atomic E-state index is 0.247. The summed E-state index contributed by atoms with van der Waals surface area (Å²) in [6, 6.07) is 10.7. The molecule has 0 radical (unpaired) electrons. The molecule has 0 aromatic heterocycles. The Hall–Kier alpha value is -0.860. The highest BCUT2D eigenvalue weighted by molar-refractivity contribution is 5.18. The largest absolute Gasteiger partial charge is 0.396 e. The van der Waals surface area contributed by atoms with E-state index in [1.165, 1.54) is 24.8 Å². The van der Waals surface area contributed by atoms with E-state index in [4.69, 9.17) is 5.11 Å². The number of hydrogen-bond donors (Lipinski definition) is 2. The van der Waals surface area contributed by atoms with Gasteiger partial charge in [-0.2, -0.15) is 0 Å². The van der Waals surface area contributed by atoms with Crippen LogP contribution in [0.4, 0.5) is 0 Å². The Bertz CT molecular complexity index is 295. The van der Waals surface area contributed by atoms with E-state index < -0.39 is 0 Å². The summed E-state index contributed by atoms with van der Waals surface area (Å²) in [5.74, 6) is 0.866. The molecule has 0 amide bonds. The van der Waals surface area contributed by atoms with Gasteiger partial charge >= 0.3 is 0 Å². The third kappa shape index (κ3) is 3.06. The molecular weight excluding hydrogens is 198 g/mol. The van der Waals surface area contributed by atoms with Crippen molar-refractivity contribution in [2.24, 2.45) is 5.92 Å². The zero-order valence-corrected chi connectivity index (χ0v) is 9.73. The molecule has 0 spiro atoms. The van der Waals surface area contributed by atoms with Gasteiger partial charge in [0, 0.05) is 12.6 Å². The Labute approximate surface area is 97.7 Å². The first-order chi connectivity index (χ1) is 7.90. The first-order valence-corrected chi connectivity index (χ1v) is 6.29. The zero-order valence-electron chi connectivity index (χ0n) is 9.73. The molecule has 0 bridgehead atoms. The molecule has 0 saturated heterocycles. The van der Waals surface area contributed by atoms with E-state index in [2.05, 4.69) is 29.6 Å². The van der Waals surface area contributed by atoms with Crippen molar-refractivity contribution < 1.29 is 5.11 Å². The summed E-state index contributed by atoms with van der Waals surface area (Å²) < 4.78 is 0. The maximum atomic E-state index is 9.09. The van der Waals surface area contributed by atoms with Crippen molar-refractivity contribution in [3.05, 3.63) is 35.9 Å². The number of benzene rings is 1. The van der Waals surface area contributed by atoms with Crippen molar-refractivity contribution in [3.63, 3.8) is 0 Å². The molecule has 0 heterocycles. The van der Waals surface area contributed by atoms with Gasteiger partial charge in [0.15, 0.2) is 0 Å².